The highest BCUT2D eigenvalue weighted by Gasteiger charge is 2.32. The molecule has 0 spiro atoms. The minimum absolute atomic E-state index is 0. The minimum Gasteiger partial charge on any atom is -0.494 e. The molecule has 1 heterocycles. The van der Waals surface area contributed by atoms with Crippen LogP contribution in [0.1, 0.15) is 25.8 Å². The first-order valence-corrected chi connectivity index (χ1v) is 12.8. The van der Waals surface area contributed by atoms with Crippen molar-refractivity contribution in [2.24, 2.45) is 0 Å². The Balaban J connectivity index is 0.00000432. The van der Waals surface area contributed by atoms with Crippen LogP contribution in [0.15, 0.2) is 65.6 Å². The largest absolute Gasteiger partial charge is 0.494 e. The number of allylic oxidation sites excluding steroid dienone is 2. The number of thioether (sulfide) groups is 1. The van der Waals surface area contributed by atoms with Gasteiger partial charge in [0.15, 0.2) is 4.32 Å². The van der Waals surface area contributed by atoms with Gasteiger partial charge in [-0.25, -0.2) is 0 Å². The van der Waals surface area contributed by atoms with Gasteiger partial charge in [-0.15, -0.1) is 12.4 Å². The van der Waals surface area contributed by atoms with Crippen molar-refractivity contribution in [1.29, 1.82) is 0 Å². The van der Waals surface area contributed by atoms with Crippen LogP contribution in [0.25, 0.3) is 6.08 Å². The summed E-state index contributed by atoms with van der Waals surface area (Å²) in [6, 6.07) is 15.8. The second-order valence-corrected chi connectivity index (χ2v) is 9.78. The SMILES string of the molecule is CCN(CC)CCCOc1ccc(N2C(=O)/C(=C/C=C/c3ccc(N(C)C)cc3)SC2=S)cc1.Cl. The lowest BCUT2D eigenvalue weighted by Crippen LogP contribution is -2.27. The molecule has 35 heavy (non-hydrogen) atoms. The third-order valence-corrected chi connectivity index (χ3v) is 6.94. The number of nitrogens with zero attached hydrogens (tertiary/aromatic N) is 3. The molecule has 3 rings (SSSR count). The van der Waals surface area contributed by atoms with Gasteiger partial charge in [-0.2, -0.15) is 0 Å². The molecule has 0 radical (unpaired) electrons. The second kappa shape index (κ2) is 14.3. The Hall–Kier alpha value is -2.32. The molecule has 0 saturated carbocycles. The highest BCUT2D eigenvalue weighted by atomic mass is 35.5. The van der Waals surface area contributed by atoms with Crippen molar-refractivity contribution >= 4 is 64.1 Å². The fourth-order valence-electron chi connectivity index (χ4n) is 3.54. The normalized spacial score (nSPS) is 14.8. The molecule has 0 N–H and O–H groups in total. The van der Waals surface area contributed by atoms with Gasteiger partial charge in [-0.3, -0.25) is 9.69 Å². The summed E-state index contributed by atoms with van der Waals surface area (Å²) in [4.78, 5) is 19.6. The summed E-state index contributed by atoms with van der Waals surface area (Å²) in [6.45, 7) is 8.17. The minimum atomic E-state index is -0.101. The number of benzene rings is 2. The molecule has 0 bridgehead atoms. The molecule has 1 amide bonds. The first-order valence-electron chi connectivity index (χ1n) is 11.6. The Morgan fingerprint density at radius 2 is 1.69 bits per heavy atom. The van der Waals surface area contributed by atoms with Crippen LogP contribution in [0.3, 0.4) is 0 Å². The summed E-state index contributed by atoms with van der Waals surface area (Å²) in [5.41, 5.74) is 2.98. The first-order chi connectivity index (χ1) is 16.4. The summed E-state index contributed by atoms with van der Waals surface area (Å²) >= 11 is 6.81. The number of carbonyl (C=O) groups is 1. The van der Waals surface area contributed by atoms with Crippen LogP contribution in [0, 0.1) is 0 Å². The van der Waals surface area contributed by atoms with Crippen LogP contribution in [0.2, 0.25) is 0 Å². The monoisotopic (exact) mass is 531 g/mol. The molecule has 1 fully saturated rings. The van der Waals surface area contributed by atoms with E-state index in [1.54, 1.807) is 4.90 Å². The molecule has 0 aliphatic carbocycles. The Morgan fingerprint density at radius 3 is 2.29 bits per heavy atom. The van der Waals surface area contributed by atoms with Crippen LogP contribution in [0.5, 0.6) is 5.75 Å². The van der Waals surface area contributed by atoms with Gasteiger partial charge in [0, 0.05) is 26.3 Å². The summed E-state index contributed by atoms with van der Waals surface area (Å²) < 4.78 is 6.40. The van der Waals surface area contributed by atoms with Crippen molar-refractivity contribution in [2.45, 2.75) is 20.3 Å². The van der Waals surface area contributed by atoms with Gasteiger partial charge in [0.05, 0.1) is 17.2 Å². The maximum atomic E-state index is 13.0. The number of rotatable bonds is 11. The lowest BCUT2D eigenvalue weighted by Gasteiger charge is -2.18. The van der Waals surface area contributed by atoms with E-state index in [4.69, 9.17) is 17.0 Å². The number of hydrogen-bond donors (Lipinski definition) is 0. The number of thiocarbonyl (C=S) groups is 1. The van der Waals surface area contributed by atoms with E-state index in [9.17, 15) is 4.79 Å². The van der Waals surface area contributed by atoms with E-state index in [0.717, 1.165) is 48.7 Å². The van der Waals surface area contributed by atoms with Crippen molar-refractivity contribution < 1.29 is 9.53 Å². The summed E-state index contributed by atoms with van der Waals surface area (Å²) in [7, 11) is 4.03. The second-order valence-electron chi connectivity index (χ2n) is 8.11. The fourth-order valence-corrected chi connectivity index (χ4v) is 4.79. The van der Waals surface area contributed by atoms with E-state index < -0.39 is 0 Å². The molecular formula is C27H34ClN3O2S2. The third-order valence-electron chi connectivity index (χ3n) is 5.62. The van der Waals surface area contributed by atoms with Gasteiger partial charge in [0.2, 0.25) is 0 Å². The summed E-state index contributed by atoms with van der Waals surface area (Å²) in [5.74, 6) is 0.697. The molecule has 0 atom stereocenters. The number of carbonyl (C=O) groups excluding carboxylic acids is 1. The van der Waals surface area contributed by atoms with E-state index in [2.05, 4.69) is 47.9 Å². The van der Waals surface area contributed by atoms with Gasteiger partial charge < -0.3 is 14.5 Å². The van der Waals surface area contributed by atoms with Gasteiger partial charge in [0.25, 0.3) is 5.91 Å². The van der Waals surface area contributed by atoms with E-state index in [1.165, 1.54) is 11.8 Å². The maximum Gasteiger partial charge on any atom is 0.270 e. The fraction of sp³-hybridized carbons (Fsp3) is 0.333. The molecule has 1 aliphatic heterocycles. The third kappa shape index (κ3) is 8.10. The molecular weight excluding hydrogens is 498 g/mol. The molecule has 0 aromatic heterocycles. The number of halogens is 1. The van der Waals surface area contributed by atoms with Crippen LogP contribution in [0.4, 0.5) is 11.4 Å². The molecule has 2 aromatic rings. The van der Waals surface area contributed by atoms with E-state index in [0.29, 0.717) is 15.8 Å². The van der Waals surface area contributed by atoms with Crippen molar-refractivity contribution in [3.05, 3.63) is 71.2 Å². The average Bonchev–Trinajstić information content (AvgIpc) is 3.12. The number of hydrogen-bond acceptors (Lipinski definition) is 6. The Labute approximate surface area is 225 Å². The Bertz CT molecular complexity index is 1030. The first kappa shape index (κ1) is 28.9. The van der Waals surface area contributed by atoms with Gasteiger partial charge in [0.1, 0.15) is 5.75 Å². The van der Waals surface area contributed by atoms with Crippen molar-refractivity contribution in [3.8, 4) is 5.75 Å². The zero-order valence-electron chi connectivity index (χ0n) is 20.8. The highest BCUT2D eigenvalue weighted by molar-refractivity contribution is 8.27. The lowest BCUT2D eigenvalue weighted by atomic mass is 10.2. The topological polar surface area (TPSA) is 36.0 Å². The smallest absolute Gasteiger partial charge is 0.270 e. The van der Waals surface area contributed by atoms with Crippen molar-refractivity contribution in [2.75, 3.05) is 50.1 Å². The van der Waals surface area contributed by atoms with Crippen LogP contribution >= 0.6 is 36.4 Å². The number of anilines is 2. The molecule has 1 saturated heterocycles. The molecule has 2 aromatic carbocycles. The molecule has 188 valence electrons. The average molecular weight is 532 g/mol. The maximum absolute atomic E-state index is 13.0. The quantitative estimate of drug-likeness (QED) is 0.194. The number of ether oxygens (including phenoxy) is 1. The van der Waals surface area contributed by atoms with Crippen molar-refractivity contribution in [3.63, 3.8) is 0 Å². The van der Waals surface area contributed by atoms with E-state index in [1.807, 2.05) is 56.6 Å². The molecule has 5 nitrogen and oxygen atoms in total. The Morgan fingerprint density at radius 1 is 1.03 bits per heavy atom. The van der Waals surface area contributed by atoms with Crippen LogP contribution < -0.4 is 14.5 Å². The van der Waals surface area contributed by atoms with Crippen LogP contribution in [-0.4, -0.2) is 55.5 Å². The van der Waals surface area contributed by atoms with E-state index >= 15 is 0 Å². The van der Waals surface area contributed by atoms with Gasteiger partial charge in [-0.05, 0) is 67.5 Å². The highest BCUT2D eigenvalue weighted by Crippen LogP contribution is 2.35. The Kier molecular flexibility index (Phi) is 11.8. The molecule has 0 unspecified atom stereocenters. The lowest BCUT2D eigenvalue weighted by molar-refractivity contribution is -0.113. The zero-order valence-corrected chi connectivity index (χ0v) is 23.2. The van der Waals surface area contributed by atoms with E-state index in [-0.39, 0.29) is 18.3 Å². The standard InChI is InChI=1S/C27H33N3O2S2.ClH/c1-5-29(6-2)19-8-20-32-24-17-15-23(16-18-24)30-26(31)25(34-27(30)33)10-7-9-21-11-13-22(14-12-21)28(3)4;/h7,9-18H,5-6,8,19-20H2,1-4H3;1H/b9-7+,25-10-;. The summed E-state index contributed by atoms with van der Waals surface area (Å²) in [5, 5.41) is 0. The van der Waals surface area contributed by atoms with Crippen molar-refractivity contribution in [1.82, 2.24) is 4.90 Å². The van der Waals surface area contributed by atoms with Crippen LogP contribution in [-0.2, 0) is 4.79 Å². The zero-order chi connectivity index (χ0) is 24.5. The van der Waals surface area contributed by atoms with Gasteiger partial charge in [-0.1, -0.05) is 62.1 Å². The predicted molar refractivity (Wildman–Crippen MR) is 157 cm³/mol. The molecule has 1 aliphatic rings. The number of amides is 1. The summed E-state index contributed by atoms with van der Waals surface area (Å²) in [6.07, 6.45) is 6.69. The molecule has 8 heteroatoms. The predicted octanol–water partition coefficient (Wildman–Crippen LogP) is 6.25. The van der Waals surface area contributed by atoms with Gasteiger partial charge >= 0.3 is 0 Å².